The fraction of sp³-hybridized carbons (Fsp3) is 0.500. The average Bonchev–Trinajstić information content (AvgIpc) is 2.41. The third-order valence-corrected chi connectivity index (χ3v) is 6.45. The van der Waals surface area contributed by atoms with E-state index in [2.05, 4.69) is 4.90 Å². The van der Waals surface area contributed by atoms with Crippen LogP contribution in [-0.4, -0.2) is 49.2 Å². The molecule has 2 rings (SSSR count). The SMILES string of the molecule is O=S(=O)(c1ccccc1)C(Cl)CN1CCSCC1. The average molecular weight is 306 g/mol. The minimum absolute atomic E-state index is 0.302. The summed E-state index contributed by atoms with van der Waals surface area (Å²) < 4.78 is 23.6. The number of thioether (sulfide) groups is 1. The largest absolute Gasteiger partial charge is 0.299 e. The van der Waals surface area contributed by atoms with Gasteiger partial charge in [0.05, 0.1) is 4.90 Å². The summed E-state index contributed by atoms with van der Waals surface area (Å²) in [5.41, 5.74) is 0. The monoisotopic (exact) mass is 305 g/mol. The van der Waals surface area contributed by atoms with Crippen LogP contribution in [0.4, 0.5) is 0 Å². The molecule has 1 aliphatic rings. The lowest BCUT2D eigenvalue weighted by molar-refractivity contribution is 0.314. The van der Waals surface area contributed by atoms with Gasteiger partial charge in [0.15, 0.2) is 14.5 Å². The highest BCUT2D eigenvalue weighted by Crippen LogP contribution is 2.20. The zero-order valence-electron chi connectivity index (χ0n) is 9.96. The predicted molar refractivity (Wildman–Crippen MR) is 77.0 cm³/mol. The first kappa shape index (κ1) is 14.2. The lowest BCUT2D eigenvalue weighted by Crippen LogP contribution is -2.39. The van der Waals surface area contributed by atoms with Crippen LogP contribution in [0.25, 0.3) is 0 Å². The molecule has 0 spiro atoms. The third kappa shape index (κ3) is 3.41. The first-order valence-electron chi connectivity index (χ1n) is 5.84. The summed E-state index contributed by atoms with van der Waals surface area (Å²) in [6.07, 6.45) is 0. The molecular weight excluding hydrogens is 290 g/mol. The third-order valence-electron chi connectivity index (χ3n) is 2.91. The van der Waals surface area contributed by atoms with E-state index in [4.69, 9.17) is 11.6 Å². The summed E-state index contributed by atoms with van der Waals surface area (Å²) in [4.78, 5) is 2.42. The normalized spacial score (nSPS) is 19.6. The van der Waals surface area contributed by atoms with Crippen molar-refractivity contribution in [2.45, 2.75) is 9.60 Å². The van der Waals surface area contributed by atoms with Gasteiger partial charge in [-0.05, 0) is 12.1 Å². The molecule has 3 nitrogen and oxygen atoms in total. The van der Waals surface area contributed by atoms with Gasteiger partial charge in [0, 0.05) is 31.1 Å². The van der Waals surface area contributed by atoms with Gasteiger partial charge in [0.25, 0.3) is 0 Å². The number of benzene rings is 1. The molecule has 1 fully saturated rings. The van der Waals surface area contributed by atoms with Crippen LogP contribution in [0, 0.1) is 0 Å². The van der Waals surface area contributed by atoms with Crippen molar-refractivity contribution >= 4 is 33.2 Å². The fourth-order valence-electron chi connectivity index (χ4n) is 1.84. The molecule has 1 aromatic rings. The number of halogens is 1. The van der Waals surface area contributed by atoms with Crippen molar-refractivity contribution in [2.75, 3.05) is 31.1 Å². The molecule has 1 aromatic carbocycles. The van der Waals surface area contributed by atoms with Crippen LogP contribution >= 0.6 is 23.4 Å². The Labute approximate surface area is 117 Å². The molecule has 1 saturated heterocycles. The summed E-state index contributed by atoms with van der Waals surface area (Å²) in [6, 6.07) is 8.42. The van der Waals surface area contributed by atoms with Crippen molar-refractivity contribution < 1.29 is 8.42 Å². The van der Waals surface area contributed by atoms with Crippen molar-refractivity contribution in [3.05, 3.63) is 30.3 Å². The van der Waals surface area contributed by atoms with Gasteiger partial charge in [-0.3, -0.25) is 4.90 Å². The summed E-state index contributed by atoms with van der Waals surface area (Å²) >= 11 is 8.00. The second kappa shape index (κ2) is 6.28. The molecule has 1 unspecified atom stereocenters. The van der Waals surface area contributed by atoms with Gasteiger partial charge >= 0.3 is 0 Å². The molecule has 1 heterocycles. The standard InChI is InChI=1S/C12H16ClNO2S2/c13-12(10-14-6-8-17-9-7-14)18(15,16)11-4-2-1-3-5-11/h1-5,12H,6-10H2. The zero-order chi connectivity index (χ0) is 13.0. The smallest absolute Gasteiger partial charge is 0.196 e. The molecule has 1 atom stereocenters. The summed E-state index contributed by atoms with van der Waals surface area (Å²) in [6.45, 7) is 2.23. The van der Waals surface area contributed by atoms with E-state index >= 15 is 0 Å². The number of hydrogen-bond donors (Lipinski definition) is 0. The Morgan fingerprint density at radius 1 is 1.22 bits per heavy atom. The van der Waals surface area contributed by atoms with Gasteiger partial charge in [-0.1, -0.05) is 18.2 Å². The molecule has 0 bridgehead atoms. The van der Waals surface area contributed by atoms with Crippen LogP contribution in [0.3, 0.4) is 0 Å². The molecule has 18 heavy (non-hydrogen) atoms. The van der Waals surface area contributed by atoms with Gasteiger partial charge < -0.3 is 0 Å². The van der Waals surface area contributed by atoms with Gasteiger partial charge in [-0.15, -0.1) is 11.6 Å². The van der Waals surface area contributed by atoms with E-state index in [9.17, 15) is 8.42 Å². The second-order valence-corrected chi connectivity index (χ2v) is 8.32. The van der Waals surface area contributed by atoms with Crippen molar-refractivity contribution in [1.82, 2.24) is 4.90 Å². The maximum absolute atomic E-state index is 12.2. The minimum Gasteiger partial charge on any atom is -0.299 e. The minimum atomic E-state index is -3.42. The van der Waals surface area contributed by atoms with Crippen LogP contribution in [-0.2, 0) is 9.84 Å². The van der Waals surface area contributed by atoms with Crippen LogP contribution in [0.2, 0.25) is 0 Å². The Morgan fingerprint density at radius 3 is 2.44 bits per heavy atom. The molecule has 0 amide bonds. The number of hydrogen-bond acceptors (Lipinski definition) is 4. The Kier molecular flexibility index (Phi) is 4.95. The number of sulfone groups is 1. The van der Waals surface area contributed by atoms with Gasteiger partial charge in [0.2, 0.25) is 0 Å². The first-order valence-corrected chi connectivity index (χ1v) is 8.97. The molecular formula is C12H16ClNO2S2. The van der Waals surface area contributed by atoms with E-state index in [1.165, 1.54) is 0 Å². The highest BCUT2D eigenvalue weighted by atomic mass is 35.5. The first-order chi connectivity index (χ1) is 8.60. The van der Waals surface area contributed by atoms with Crippen LogP contribution < -0.4 is 0 Å². The molecule has 0 radical (unpaired) electrons. The lowest BCUT2D eigenvalue weighted by Gasteiger charge is -2.27. The summed E-state index contributed by atoms with van der Waals surface area (Å²) in [5, 5.41) is 0. The van der Waals surface area contributed by atoms with Gasteiger partial charge in [-0.25, -0.2) is 8.42 Å². The van der Waals surface area contributed by atoms with Crippen molar-refractivity contribution in [3.8, 4) is 0 Å². The highest BCUT2D eigenvalue weighted by molar-refractivity contribution is 7.99. The molecule has 0 N–H and O–H groups in total. The van der Waals surface area contributed by atoms with Crippen molar-refractivity contribution in [3.63, 3.8) is 0 Å². The number of alkyl halides is 1. The van der Waals surface area contributed by atoms with E-state index in [0.717, 1.165) is 24.6 Å². The maximum Gasteiger partial charge on any atom is 0.196 e. The van der Waals surface area contributed by atoms with E-state index < -0.39 is 14.5 Å². The maximum atomic E-state index is 12.2. The van der Waals surface area contributed by atoms with Crippen LogP contribution in [0.1, 0.15) is 0 Å². The van der Waals surface area contributed by atoms with Crippen molar-refractivity contribution in [1.29, 1.82) is 0 Å². The number of nitrogens with zero attached hydrogens (tertiary/aromatic N) is 1. The molecule has 0 aromatic heterocycles. The van der Waals surface area contributed by atoms with Crippen LogP contribution in [0.15, 0.2) is 35.2 Å². The molecule has 0 aliphatic carbocycles. The second-order valence-electron chi connectivity index (χ2n) is 4.18. The Morgan fingerprint density at radius 2 is 1.83 bits per heavy atom. The highest BCUT2D eigenvalue weighted by Gasteiger charge is 2.27. The van der Waals surface area contributed by atoms with Gasteiger partial charge in [0.1, 0.15) is 0 Å². The Balaban J connectivity index is 2.05. The van der Waals surface area contributed by atoms with Gasteiger partial charge in [-0.2, -0.15) is 11.8 Å². The van der Waals surface area contributed by atoms with E-state index in [0.29, 0.717) is 11.4 Å². The Hall–Kier alpha value is -0.230. The van der Waals surface area contributed by atoms with E-state index in [1.807, 2.05) is 11.8 Å². The van der Waals surface area contributed by atoms with E-state index in [1.54, 1.807) is 30.3 Å². The summed E-state index contributed by atoms with van der Waals surface area (Å²) in [7, 11) is -3.42. The number of rotatable bonds is 4. The quantitative estimate of drug-likeness (QED) is 0.798. The van der Waals surface area contributed by atoms with Crippen LogP contribution in [0.5, 0.6) is 0 Å². The Bertz CT molecular complexity index is 472. The lowest BCUT2D eigenvalue weighted by atomic mass is 10.4. The molecule has 1 aliphatic heterocycles. The molecule has 6 heteroatoms. The summed E-state index contributed by atoms with van der Waals surface area (Å²) in [5.74, 6) is 2.10. The van der Waals surface area contributed by atoms with E-state index in [-0.39, 0.29) is 0 Å². The topological polar surface area (TPSA) is 37.4 Å². The van der Waals surface area contributed by atoms with Crippen molar-refractivity contribution in [2.24, 2.45) is 0 Å². The predicted octanol–water partition coefficient (Wildman–Crippen LogP) is 2.07. The fourth-order valence-corrected chi connectivity index (χ4v) is 4.56. The molecule has 0 saturated carbocycles. The zero-order valence-corrected chi connectivity index (χ0v) is 12.3. The molecule has 100 valence electrons.